The summed E-state index contributed by atoms with van der Waals surface area (Å²) in [5.41, 5.74) is 0.764. The number of carbonyl (C=O) groups is 1. The Bertz CT molecular complexity index is 906. The molecule has 8 nitrogen and oxygen atoms in total. The fourth-order valence-corrected chi connectivity index (χ4v) is 5.81. The lowest BCUT2D eigenvalue weighted by molar-refractivity contribution is -0.137. The Morgan fingerprint density at radius 2 is 1.89 bits per heavy atom. The minimum atomic E-state index is -3.05. The normalized spacial score (nSPS) is 21.6. The molecule has 2 heterocycles. The number of amides is 1. The number of hydrogen-bond donors (Lipinski definition) is 0. The molecule has 1 aromatic heterocycles. The molecule has 2 aliphatic rings. The van der Waals surface area contributed by atoms with E-state index in [0.717, 1.165) is 31.2 Å². The molecule has 1 amide bonds. The molecule has 2 aromatic rings. The van der Waals surface area contributed by atoms with Crippen LogP contribution in [0.5, 0.6) is 5.75 Å². The zero-order chi connectivity index (χ0) is 19.6. The van der Waals surface area contributed by atoms with Gasteiger partial charge in [-0.15, -0.1) is 10.2 Å². The third-order valence-electron chi connectivity index (χ3n) is 5.43. The fourth-order valence-electron chi connectivity index (χ4n) is 4.09. The van der Waals surface area contributed by atoms with Gasteiger partial charge in [-0.3, -0.25) is 4.79 Å². The topological polar surface area (TPSA) is 103 Å². The van der Waals surface area contributed by atoms with Gasteiger partial charge in [0.25, 0.3) is 5.91 Å². The highest BCUT2D eigenvalue weighted by Gasteiger charge is 2.39. The van der Waals surface area contributed by atoms with Gasteiger partial charge in [-0.05, 0) is 43.5 Å². The van der Waals surface area contributed by atoms with Gasteiger partial charge in [-0.2, -0.15) is 0 Å². The minimum absolute atomic E-state index is 0.0636. The summed E-state index contributed by atoms with van der Waals surface area (Å²) in [7, 11) is -3.05. The molecule has 28 heavy (non-hydrogen) atoms. The molecule has 1 aliphatic carbocycles. The van der Waals surface area contributed by atoms with Crippen molar-refractivity contribution in [3.05, 3.63) is 30.7 Å². The second kappa shape index (κ2) is 7.90. The van der Waals surface area contributed by atoms with Crippen molar-refractivity contribution in [1.29, 1.82) is 0 Å². The largest absolute Gasteiger partial charge is 0.484 e. The van der Waals surface area contributed by atoms with Crippen LogP contribution < -0.4 is 4.74 Å². The fraction of sp³-hybridized carbons (Fsp3) is 0.526. The Labute approximate surface area is 163 Å². The van der Waals surface area contributed by atoms with Crippen molar-refractivity contribution in [2.75, 3.05) is 18.1 Å². The summed E-state index contributed by atoms with van der Waals surface area (Å²) in [5, 5.41) is 7.49. The Balaban J connectivity index is 1.41. The monoisotopic (exact) mass is 405 g/mol. The van der Waals surface area contributed by atoms with Gasteiger partial charge >= 0.3 is 0 Å². The van der Waals surface area contributed by atoms with Crippen LogP contribution in [0.2, 0.25) is 0 Å². The van der Waals surface area contributed by atoms with Crippen molar-refractivity contribution in [3.63, 3.8) is 0 Å². The van der Waals surface area contributed by atoms with E-state index in [1.54, 1.807) is 29.2 Å². The van der Waals surface area contributed by atoms with Gasteiger partial charge < -0.3 is 14.1 Å². The maximum atomic E-state index is 12.9. The first kappa shape index (κ1) is 18.9. The molecule has 1 aromatic carbocycles. The van der Waals surface area contributed by atoms with E-state index in [0.29, 0.717) is 18.1 Å². The van der Waals surface area contributed by atoms with Crippen LogP contribution in [0.3, 0.4) is 0 Å². The number of hydrogen-bond acceptors (Lipinski definition) is 7. The number of nitrogens with zero attached hydrogens (tertiary/aromatic N) is 3. The summed E-state index contributed by atoms with van der Waals surface area (Å²) in [6, 6.07) is 6.94. The second-order valence-electron chi connectivity index (χ2n) is 7.35. The van der Waals surface area contributed by atoms with Gasteiger partial charge in [0, 0.05) is 17.6 Å². The maximum absolute atomic E-state index is 12.9. The Morgan fingerprint density at radius 3 is 2.50 bits per heavy atom. The molecule has 0 radical (unpaired) electrons. The van der Waals surface area contributed by atoms with E-state index in [2.05, 4.69) is 10.2 Å². The lowest BCUT2D eigenvalue weighted by atomic mass is 10.1. The standard InChI is InChI=1S/C19H23N3O5S/c23-18(11-26-17-7-5-14(6-8-17)19-21-20-13-27-19)22(15-3-1-2-4-15)16-9-10-28(24,25)12-16/h5-8,13,15-16H,1-4,9-12H2. The molecule has 1 aliphatic heterocycles. The molecule has 0 bridgehead atoms. The molecule has 1 unspecified atom stereocenters. The van der Waals surface area contributed by atoms with Crippen molar-refractivity contribution < 1.29 is 22.4 Å². The van der Waals surface area contributed by atoms with Gasteiger partial charge in [-0.1, -0.05) is 12.8 Å². The van der Waals surface area contributed by atoms with E-state index < -0.39 is 9.84 Å². The molecule has 150 valence electrons. The molecule has 4 rings (SSSR count). The molecule has 1 saturated carbocycles. The van der Waals surface area contributed by atoms with Gasteiger partial charge in [0.2, 0.25) is 12.3 Å². The van der Waals surface area contributed by atoms with E-state index in [-0.39, 0.29) is 36.1 Å². The first-order valence-electron chi connectivity index (χ1n) is 9.53. The summed E-state index contributed by atoms with van der Waals surface area (Å²) in [6.45, 7) is -0.104. The van der Waals surface area contributed by atoms with Crippen LogP contribution in [0, 0.1) is 0 Å². The highest BCUT2D eigenvalue weighted by Crippen LogP contribution is 2.29. The van der Waals surface area contributed by atoms with Crippen molar-refractivity contribution in [3.8, 4) is 17.2 Å². The van der Waals surface area contributed by atoms with Gasteiger partial charge in [0.1, 0.15) is 5.75 Å². The van der Waals surface area contributed by atoms with Gasteiger partial charge in [-0.25, -0.2) is 8.42 Å². The first-order chi connectivity index (χ1) is 13.5. The smallest absolute Gasteiger partial charge is 0.261 e. The molecule has 2 fully saturated rings. The van der Waals surface area contributed by atoms with Gasteiger partial charge in [0.05, 0.1) is 11.5 Å². The van der Waals surface area contributed by atoms with E-state index in [4.69, 9.17) is 9.15 Å². The maximum Gasteiger partial charge on any atom is 0.261 e. The van der Waals surface area contributed by atoms with E-state index in [9.17, 15) is 13.2 Å². The van der Waals surface area contributed by atoms with Crippen molar-refractivity contribution in [2.45, 2.75) is 44.2 Å². The van der Waals surface area contributed by atoms with Gasteiger partial charge in [0.15, 0.2) is 16.4 Å². The Hall–Kier alpha value is -2.42. The quantitative estimate of drug-likeness (QED) is 0.725. The molecular formula is C19H23N3O5S. The summed E-state index contributed by atoms with van der Waals surface area (Å²) in [4.78, 5) is 14.7. The molecule has 0 N–H and O–H groups in total. The highest BCUT2D eigenvalue weighted by atomic mass is 32.2. The average molecular weight is 405 g/mol. The Morgan fingerprint density at radius 1 is 1.14 bits per heavy atom. The van der Waals surface area contributed by atoms with Crippen molar-refractivity contribution in [2.24, 2.45) is 0 Å². The van der Waals surface area contributed by atoms with Crippen LogP contribution in [0.25, 0.3) is 11.5 Å². The van der Waals surface area contributed by atoms with E-state index in [1.807, 2.05) is 0 Å². The number of carbonyl (C=O) groups excluding carboxylic acids is 1. The summed E-state index contributed by atoms with van der Waals surface area (Å²) in [5.74, 6) is 1.05. The van der Waals surface area contributed by atoms with Crippen LogP contribution in [0.4, 0.5) is 0 Å². The zero-order valence-corrected chi connectivity index (χ0v) is 16.3. The van der Waals surface area contributed by atoms with Crippen LogP contribution in [0.15, 0.2) is 35.1 Å². The average Bonchev–Trinajstić information content (AvgIpc) is 3.43. The third-order valence-corrected chi connectivity index (χ3v) is 7.18. The summed E-state index contributed by atoms with van der Waals surface area (Å²) >= 11 is 0. The minimum Gasteiger partial charge on any atom is -0.484 e. The number of benzene rings is 1. The zero-order valence-electron chi connectivity index (χ0n) is 15.5. The number of sulfone groups is 1. The Kier molecular flexibility index (Phi) is 5.34. The van der Waals surface area contributed by atoms with Crippen LogP contribution in [-0.4, -0.2) is 59.6 Å². The molecular weight excluding hydrogens is 382 g/mol. The second-order valence-corrected chi connectivity index (χ2v) is 9.58. The number of ether oxygens (including phenoxy) is 1. The molecule has 9 heteroatoms. The predicted octanol–water partition coefficient (Wildman–Crippen LogP) is 2.07. The molecule has 1 atom stereocenters. The van der Waals surface area contributed by atoms with Crippen molar-refractivity contribution >= 4 is 15.7 Å². The molecule has 1 saturated heterocycles. The van der Waals surface area contributed by atoms with Crippen LogP contribution >= 0.6 is 0 Å². The highest BCUT2D eigenvalue weighted by molar-refractivity contribution is 7.91. The lowest BCUT2D eigenvalue weighted by Crippen LogP contribution is -2.48. The van der Waals surface area contributed by atoms with E-state index >= 15 is 0 Å². The lowest BCUT2D eigenvalue weighted by Gasteiger charge is -2.34. The number of aromatic nitrogens is 2. The van der Waals surface area contributed by atoms with Crippen molar-refractivity contribution in [1.82, 2.24) is 15.1 Å². The predicted molar refractivity (Wildman–Crippen MR) is 101 cm³/mol. The summed E-state index contributed by atoms with van der Waals surface area (Å²) < 4.78 is 34.6. The first-order valence-corrected chi connectivity index (χ1v) is 11.3. The number of rotatable bonds is 6. The molecule has 0 spiro atoms. The van der Waals surface area contributed by atoms with E-state index in [1.165, 1.54) is 6.39 Å². The SMILES string of the molecule is O=C(COc1ccc(-c2nnco2)cc1)N(C1CCCC1)C1CCS(=O)(=O)C1. The van der Waals surface area contributed by atoms with Crippen LogP contribution in [0.1, 0.15) is 32.1 Å². The third kappa shape index (κ3) is 4.19. The van der Waals surface area contributed by atoms with Crippen LogP contribution in [-0.2, 0) is 14.6 Å². The summed E-state index contributed by atoms with van der Waals surface area (Å²) in [6.07, 6.45) is 5.79.